The van der Waals surface area contributed by atoms with Crippen molar-refractivity contribution in [1.29, 1.82) is 0 Å². The summed E-state index contributed by atoms with van der Waals surface area (Å²) in [6, 6.07) is 7.19. The fourth-order valence-corrected chi connectivity index (χ4v) is 1.60. The van der Waals surface area contributed by atoms with Crippen molar-refractivity contribution in [3.8, 4) is 5.75 Å². The Morgan fingerprint density at radius 3 is 2.36 bits per heavy atom. The smallest absolute Gasteiger partial charge is 0.190 e. The number of benzene rings is 1. The summed E-state index contributed by atoms with van der Waals surface area (Å²) in [5.74, 6) is 0.303. The molecule has 0 amide bonds. The highest BCUT2D eigenvalue weighted by Gasteiger charge is 2.18. The Morgan fingerprint density at radius 2 is 1.79 bits per heavy atom. The fourth-order valence-electron chi connectivity index (χ4n) is 1.20. The van der Waals surface area contributed by atoms with Gasteiger partial charge in [0.15, 0.2) is 3.79 Å². The van der Waals surface area contributed by atoms with E-state index in [4.69, 9.17) is 34.8 Å². The van der Waals surface area contributed by atoms with Crippen LogP contribution in [0.1, 0.15) is 18.4 Å². The third-order valence-corrected chi connectivity index (χ3v) is 2.46. The van der Waals surface area contributed by atoms with Crippen molar-refractivity contribution in [2.24, 2.45) is 0 Å². The maximum Gasteiger partial charge on any atom is 0.190 e. The van der Waals surface area contributed by atoms with Gasteiger partial charge in [-0.05, 0) is 30.9 Å². The van der Waals surface area contributed by atoms with E-state index in [2.05, 4.69) is 0 Å². The highest BCUT2D eigenvalue weighted by atomic mass is 35.6. The molecule has 0 aromatic heterocycles. The number of phenolic OH excluding ortho intramolecular Hbond substituents is 1. The number of hydrogen-bond acceptors (Lipinski definition) is 1. The lowest BCUT2D eigenvalue weighted by molar-refractivity contribution is 0.466. The summed E-state index contributed by atoms with van der Waals surface area (Å²) in [6.45, 7) is 0. The molecule has 0 bridgehead atoms. The molecular weight excluding hydrogens is 242 g/mol. The molecule has 78 valence electrons. The summed E-state index contributed by atoms with van der Waals surface area (Å²) in [7, 11) is 0. The van der Waals surface area contributed by atoms with Crippen molar-refractivity contribution >= 4 is 34.8 Å². The van der Waals surface area contributed by atoms with E-state index in [1.807, 2.05) is 12.1 Å². The Kier molecular flexibility index (Phi) is 4.36. The molecule has 0 heterocycles. The number of halogens is 3. The standard InChI is InChI=1S/C10H11Cl3O/c11-10(12,13)7-3-5-8-4-1-2-6-9(8)14/h1-2,4,6,14H,3,5,7H2. The van der Waals surface area contributed by atoms with E-state index in [9.17, 15) is 5.11 Å². The first-order chi connectivity index (χ1) is 6.49. The van der Waals surface area contributed by atoms with Crippen LogP contribution in [0.25, 0.3) is 0 Å². The number of aryl methyl sites for hydroxylation is 1. The van der Waals surface area contributed by atoms with Gasteiger partial charge in [0.2, 0.25) is 0 Å². The van der Waals surface area contributed by atoms with Gasteiger partial charge in [-0.3, -0.25) is 0 Å². The Balaban J connectivity index is 2.43. The molecule has 1 nitrogen and oxygen atoms in total. The zero-order chi connectivity index (χ0) is 10.6. The molecule has 1 N–H and O–H groups in total. The Labute approximate surface area is 98.6 Å². The lowest BCUT2D eigenvalue weighted by Crippen LogP contribution is -2.02. The van der Waals surface area contributed by atoms with E-state index in [1.165, 1.54) is 0 Å². The third kappa shape index (κ3) is 4.41. The monoisotopic (exact) mass is 252 g/mol. The zero-order valence-electron chi connectivity index (χ0n) is 7.51. The minimum Gasteiger partial charge on any atom is -0.508 e. The predicted octanol–water partition coefficient (Wildman–Crippen LogP) is 4.09. The third-order valence-electron chi connectivity index (χ3n) is 1.90. The molecule has 0 fully saturated rings. The topological polar surface area (TPSA) is 20.2 Å². The summed E-state index contributed by atoms with van der Waals surface area (Å²) in [4.78, 5) is 0. The Bertz CT molecular complexity index is 294. The van der Waals surface area contributed by atoms with Crippen LogP contribution >= 0.6 is 34.8 Å². The highest BCUT2D eigenvalue weighted by molar-refractivity contribution is 6.67. The zero-order valence-corrected chi connectivity index (χ0v) is 9.78. The van der Waals surface area contributed by atoms with Crippen LogP contribution in [0.15, 0.2) is 24.3 Å². The number of hydrogen-bond donors (Lipinski definition) is 1. The van der Waals surface area contributed by atoms with Crippen molar-refractivity contribution in [3.63, 3.8) is 0 Å². The second kappa shape index (κ2) is 5.11. The molecule has 0 saturated carbocycles. The first-order valence-electron chi connectivity index (χ1n) is 4.33. The number of aromatic hydroxyl groups is 1. The lowest BCUT2D eigenvalue weighted by atomic mass is 10.1. The van der Waals surface area contributed by atoms with Gasteiger partial charge in [-0.25, -0.2) is 0 Å². The molecule has 0 saturated heterocycles. The highest BCUT2D eigenvalue weighted by Crippen LogP contribution is 2.32. The van der Waals surface area contributed by atoms with Gasteiger partial charge in [-0.2, -0.15) is 0 Å². The molecule has 0 aliphatic heterocycles. The molecule has 0 radical (unpaired) electrons. The molecule has 1 aromatic carbocycles. The second-order valence-corrected chi connectivity index (χ2v) is 5.61. The average molecular weight is 254 g/mol. The van der Waals surface area contributed by atoms with Crippen LogP contribution in [0.4, 0.5) is 0 Å². The second-order valence-electron chi connectivity index (χ2n) is 3.10. The van der Waals surface area contributed by atoms with Gasteiger partial charge in [0.05, 0.1) is 0 Å². The summed E-state index contributed by atoms with van der Waals surface area (Å²) in [5, 5.41) is 9.44. The normalized spacial score (nSPS) is 11.6. The largest absolute Gasteiger partial charge is 0.508 e. The molecular formula is C10H11Cl3O. The molecule has 4 heteroatoms. The van der Waals surface area contributed by atoms with Gasteiger partial charge < -0.3 is 5.11 Å². The van der Waals surface area contributed by atoms with Crippen LogP contribution < -0.4 is 0 Å². The fraction of sp³-hybridized carbons (Fsp3) is 0.400. The van der Waals surface area contributed by atoms with Gasteiger partial charge in [0.25, 0.3) is 0 Å². The summed E-state index contributed by atoms with van der Waals surface area (Å²) in [5.41, 5.74) is 0.891. The van der Waals surface area contributed by atoms with Crippen molar-refractivity contribution < 1.29 is 5.11 Å². The first-order valence-corrected chi connectivity index (χ1v) is 5.46. The molecule has 1 rings (SSSR count). The molecule has 1 aromatic rings. The van der Waals surface area contributed by atoms with Crippen molar-refractivity contribution in [3.05, 3.63) is 29.8 Å². The van der Waals surface area contributed by atoms with Gasteiger partial charge in [0, 0.05) is 0 Å². The maximum atomic E-state index is 9.44. The van der Waals surface area contributed by atoms with Crippen molar-refractivity contribution in [1.82, 2.24) is 0 Å². The van der Waals surface area contributed by atoms with Crippen molar-refractivity contribution in [2.45, 2.75) is 23.1 Å². The maximum absolute atomic E-state index is 9.44. The van der Waals surface area contributed by atoms with Gasteiger partial charge in [-0.1, -0.05) is 53.0 Å². The number of alkyl halides is 3. The quantitative estimate of drug-likeness (QED) is 0.805. The Hall–Kier alpha value is -0.110. The molecule has 14 heavy (non-hydrogen) atoms. The van der Waals surface area contributed by atoms with E-state index in [0.717, 1.165) is 18.4 Å². The summed E-state index contributed by atoms with van der Waals surface area (Å²) >= 11 is 16.8. The lowest BCUT2D eigenvalue weighted by Gasteiger charge is -2.10. The predicted molar refractivity (Wildman–Crippen MR) is 61.3 cm³/mol. The van der Waals surface area contributed by atoms with Gasteiger partial charge in [-0.15, -0.1) is 0 Å². The van der Waals surface area contributed by atoms with E-state index >= 15 is 0 Å². The summed E-state index contributed by atoms with van der Waals surface area (Å²) < 4.78 is -1.19. The van der Waals surface area contributed by atoms with Crippen LogP contribution in [0.2, 0.25) is 0 Å². The van der Waals surface area contributed by atoms with E-state index in [1.54, 1.807) is 12.1 Å². The molecule has 0 atom stereocenters. The van der Waals surface area contributed by atoms with E-state index in [-0.39, 0.29) is 0 Å². The first kappa shape index (κ1) is 12.0. The van der Waals surface area contributed by atoms with Crippen LogP contribution in [0.5, 0.6) is 5.75 Å². The van der Waals surface area contributed by atoms with Crippen molar-refractivity contribution in [2.75, 3.05) is 0 Å². The number of phenols is 1. The van der Waals surface area contributed by atoms with Crippen LogP contribution in [-0.2, 0) is 6.42 Å². The van der Waals surface area contributed by atoms with Crippen LogP contribution in [0.3, 0.4) is 0 Å². The van der Waals surface area contributed by atoms with Crippen LogP contribution in [-0.4, -0.2) is 8.90 Å². The average Bonchev–Trinajstić information content (AvgIpc) is 2.06. The SMILES string of the molecule is Oc1ccccc1CCCC(Cl)(Cl)Cl. The number of para-hydroxylation sites is 1. The van der Waals surface area contributed by atoms with Crippen LogP contribution in [0, 0.1) is 0 Å². The van der Waals surface area contributed by atoms with E-state index < -0.39 is 3.79 Å². The number of rotatable bonds is 3. The van der Waals surface area contributed by atoms with E-state index in [0.29, 0.717) is 12.2 Å². The van der Waals surface area contributed by atoms with Gasteiger partial charge >= 0.3 is 0 Å². The molecule has 0 unspecified atom stereocenters. The summed E-state index contributed by atoms with van der Waals surface area (Å²) in [6.07, 6.45) is 1.96. The minimum absolute atomic E-state index is 0.303. The molecule has 0 aliphatic rings. The van der Waals surface area contributed by atoms with Gasteiger partial charge in [0.1, 0.15) is 5.75 Å². The Morgan fingerprint density at radius 1 is 1.14 bits per heavy atom. The minimum atomic E-state index is -1.19. The molecule has 0 aliphatic carbocycles. The molecule has 0 spiro atoms.